The summed E-state index contributed by atoms with van der Waals surface area (Å²) >= 11 is 0. The summed E-state index contributed by atoms with van der Waals surface area (Å²) in [6.07, 6.45) is 0.622. The van der Waals surface area contributed by atoms with E-state index in [1.165, 1.54) is 0 Å². The Balaban J connectivity index is 2.00. The maximum Gasteiger partial charge on any atom is 0.244 e. The van der Waals surface area contributed by atoms with Crippen molar-refractivity contribution in [3.63, 3.8) is 0 Å². The molecule has 2 aromatic rings. The monoisotopic (exact) mass is 328 g/mol. The van der Waals surface area contributed by atoms with Gasteiger partial charge in [-0.25, -0.2) is 0 Å². The molecule has 24 heavy (non-hydrogen) atoms. The summed E-state index contributed by atoms with van der Waals surface area (Å²) in [5.74, 6) is 1.31. The molecule has 2 aromatic carbocycles. The van der Waals surface area contributed by atoms with Crippen molar-refractivity contribution in [3.8, 4) is 11.5 Å². The Hall–Kier alpha value is -2.53. The summed E-state index contributed by atoms with van der Waals surface area (Å²) < 4.78 is 10.6. The van der Waals surface area contributed by atoms with Crippen molar-refractivity contribution in [2.45, 2.75) is 18.9 Å². The van der Waals surface area contributed by atoms with Crippen LogP contribution in [-0.4, -0.2) is 26.7 Å². The Kier molecular flexibility index (Phi) is 5.82. The van der Waals surface area contributed by atoms with Crippen LogP contribution in [0.1, 0.15) is 18.1 Å². The van der Waals surface area contributed by atoms with Crippen LogP contribution in [0, 0.1) is 0 Å². The fourth-order valence-electron chi connectivity index (χ4n) is 2.49. The Morgan fingerprint density at radius 1 is 1.12 bits per heavy atom. The van der Waals surface area contributed by atoms with Crippen LogP contribution in [0.3, 0.4) is 0 Å². The number of nitrogens with two attached hydrogens (primary N) is 1. The molecule has 0 spiro atoms. The fraction of sp³-hybridized carbons (Fsp3) is 0.316. The summed E-state index contributed by atoms with van der Waals surface area (Å²) in [6.45, 7) is 2.17. The van der Waals surface area contributed by atoms with Crippen molar-refractivity contribution in [2.75, 3.05) is 20.8 Å². The normalized spacial score (nSPS) is 13.0. The van der Waals surface area contributed by atoms with Crippen molar-refractivity contribution < 1.29 is 14.3 Å². The van der Waals surface area contributed by atoms with Gasteiger partial charge in [0.2, 0.25) is 5.91 Å². The first kappa shape index (κ1) is 17.8. The van der Waals surface area contributed by atoms with E-state index >= 15 is 0 Å². The van der Waals surface area contributed by atoms with E-state index < -0.39 is 5.54 Å². The molecule has 0 aromatic heterocycles. The summed E-state index contributed by atoms with van der Waals surface area (Å²) in [4.78, 5) is 12.4. The molecular formula is C19H24N2O3. The van der Waals surface area contributed by atoms with Gasteiger partial charge in [0.05, 0.1) is 14.2 Å². The molecule has 1 unspecified atom stereocenters. The molecule has 5 heteroatoms. The lowest BCUT2D eigenvalue weighted by Crippen LogP contribution is -2.49. The second kappa shape index (κ2) is 7.84. The smallest absolute Gasteiger partial charge is 0.244 e. The lowest BCUT2D eigenvalue weighted by molar-refractivity contribution is -0.126. The summed E-state index contributed by atoms with van der Waals surface area (Å²) in [5.41, 5.74) is 6.88. The molecule has 128 valence electrons. The molecule has 0 saturated carbocycles. The molecule has 1 amide bonds. The molecule has 5 nitrogen and oxygen atoms in total. The van der Waals surface area contributed by atoms with Crippen LogP contribution in [0.25, 0.3) is 0 Å². The molecule has 0 radical (unpaired) electrons. The summed E-state index contributed by atoms with van der Waals surface area (Å²) in [5, 5.41) is 2.90. The highest BCUT2D eigenvalue weighted by atomic mass is 16.5. The first-order valence-electron chi connectivity index (χ1n) is 7.82. The third-order valence-corrected chi connectivity index (χ3v) is 4.01. The first-order valence-corrected chi connectivity index (χ1v) is 7.82. The lowest BCUT2D eigenvalue weighted by Gasteiger charge is -2.24. The zero-order chi connectivity index (χ0) is 17.6. The molecular weight excluding hydrogens is 304 g/mol. The standard InChI is InChI=1S/C19H24N2O3/c1-19(20,15-7-5-4-6-8-15)18(22)21-12-11-14-13-16(23-2)9-10-17(14)24-3/h4-10,13H,11-12,20H2,1-3H3,(H,21,22). The SMILES string of the molecule is COc1ccc(OC)c(CCNC(=O)C(C)(N)c2ccccc2)c1. The second-order valence-electron chi connectivity index (χ2n) is 5.75. The average molecular weight is 328 g/mol. The molecule has 1 atom stereocenters. The van der Waals surface area contributed by atoms with Crippen molar-refractivity contribution in [3.05, 3.63) is 59.7 Å². The highest BCUT2D eigenvalue weighted by Gasteiger charge is 2.29. The third kappa shape index (κ3) is 4.06. The van der Waals surface area contributed by atoms with Gasteiger partial charge < -0.3 is 20.5 Å². The number of hydrogen-bond acceptors (Lipinski definition) is 4. The minimum atomic E-state index is -1.07. The second-order valence-corrected chi connectivity index (χ2v) is 5.75. The topological polar surface area (TPSA) is 73.6 Å². The van der Waals surface area contributed by atoms with E-state index in [1.807, 2.05) is 48.5 Å². The van der Waals surface area contributed by atoms with E-state index in [0.29, 0.717) is 13.0 Å². The highest BCUT2D eigenvalue weighted by molar-refractivity contribution is 5.86. The van der Waals surface area contributed by atoms with Gasteiger partial charge >= 0.3 is 0 Å². The molecule has 0 bridgehead atoms. The molecule has 0 aliphatic heterocycles. The molecule has 0 fully saturated rings. The van der Waals surface area contributed by atoms with E-state index in [4.69, 9.17) is 15.2 Å². The van der Waals surface area contributed by atoms with Crippen LogP contribution in [0.5, 0.6) is 11.5 Å². The molecule has 0 aliphatic carbocycles. The first-order chi connectivity index (χ1) is 11.5. The zero-order valence-electron chi connectivity index (χ0n) is 14.3. The van der Waals surface area contributed by atoms with Crippen molar-refractivity contribution in [1.82, 2.24) is 5.32 Å². The van der Waals surface area contributed by atoms with Gasteiger partial charge in [0.1, 0.15) is 17.0 Å². The number of amides is 1. The molecule has 2 rings (SSSR count). The van der Waals surface area contributed by atoms with Crippen LogP contribution in [0.2, 0.25) is 0 Å². The zero-order valence-corrected chi connectivity index (χ0v) is 14.3. The molecule has 0 heterocycles. The third-order valence-electron chi connectivity index (χ3n) is 4.01. The van der Waals surface area contributed by atoms with Gasteiger partial charge in [-0.05, 0) is 42.7 Å². The van der Waals surface area contributed by atoms with Crippen LogP contribution in [0.4, 0.5) is 0 Å². The van der Waals surface area contributed by atoms with Crippen molar-refractivity contribution in [2.24, 2.45) is 5.73 Å². The molecule has 0 saturated heterocycles. The average Bonchev–Trinajstić information content (AvgIpc) is 2.62. The molecule has 0 aliphatic rings. The Bertz CT molecular complexity index is 684. The van der Waals surface area contributed by atoms with Gasteiger partial charge in [0.25, 0.3) is 0 Å². The Morgan fingerprint density at radius 2 is 1.83 bits per heavy atom. The Morgan fingerprint density at radius 3 is 2.46 bits per heavy atom. The van der Waals surface area contributed by atoms with Gasteiger partial charge in [0.15, 0.2) is 0 Å². The van der Waals surface area contributed by atoms with Gasteiger partial charge in [-0.2, -0.15) is 0 Å². The van der Waals surface area contributed by atoms with E-state index in [9.17, 15) is 4.79 Å². The predicted octanol–water partition coefficient (Wildman–Crippen LogP) is 2.24. The minimum Gasteiger partial charge on any atom is -0.497 e. The van der Waals surface area contributed by atoms with Crippen LogP contribution >= 0.6 is 0 Å². The Labute approximate surface area is 142 Å². The van der Waals surface area contributed by atoms with Gasteiger partial charge in [-0.3, -0.25) is 4.79 Å². The summed E-state index contributed by atoms with van der Waals surface area (Å²) in [6, 6.07) is 14.9. The number of methoxy groups -OCH3 is 2. The number of hydrogen-bond donors (Lipinski definition) is 2. The molecule has 3 N–H and O–H groups in total. The predicted molar refractivity (Wildman–Crippen MR) is 94.2 cm³/mol. The van der Waals surface area contributed by atoms with Gasteiger partial charge in [0, 0.05) is 6.54 Å². The van der Waals surface area contributed by atoms with Crippen LogP contribution in [-0.2, 0) is 16.8 Å². The van der Waals surface area contributed by atoms with E-state index in [1.54, 1.807) is 21.1 Å². The maximum absolute atomic E-state index is 12.4. The number of carbonyl (C=O) groups excluding carboxylic acids is 1. The minimum absolute atomic E-state index is 0.212. The maximum atomic E-state index is 12.4. The van der Waals surface area contributed by atoms with Gasteiger partial charge in [-0.1, -0.05) is 30.3 Å². The number of rotatable bonds is 7. The number of benzene rings is 2. The number of carbonyl (C=O) groups is 1. The van der Waals surface area contributed by atoms with Crippen LogP contribution in [0.15, 0.2) is 48.5 Å². The highest BCUT2D eigenvalue weighted by Crippen LogP contribution is 2.24. The van der Waals surface area contributed by atoms with E-state index in [-0.39, 0.29) is 5.91 Å². The lowest BCUT2D eigenvalue weighted by atomic mass is 9.92. The number of ether oxygens (including phenoxy) is 2. The van der Waals surface area contributed by atoms with Crippen molar-refractivity contribution in [1.29, 1.82) is 0 Å². The quantitative estimate of drug-likeness (QED) is 0.817. The van der Waals surface area contributed by atoms with Crippen LogP contribution < -0.4 is 20.5 Å². The number of nitrogens with one attached hydrogen (secondary N) is 1. The fourth-order valence-corrected chi connectivity index (χ4v) is 2.49. The summed E-state index contributed by atoms with van der Waals surface area (Å²) in [7, 11) is 3.24. The van der Waals surface area contributed by atoms with E-state index in [2.05, 4.69) is 5.32 Å². The van der Waals surface area contributed by atoms with Crippen molar-refractivity contribution >= 4 is 5.91 Å². The van der Waals surface area contributed by atoms with E-state index in [0.717, 1.165) is 22.6 Å². The largest absolute Gasteiger partial charge is 0.497 e. The van der Waals surface area contributed by atoms with Gasteiger partial charge in [-0.15, -0.1) is 0 Å².